The van der Waals surface area contributed by atoms with Crippen LogP contribution in [0.1, 0.15) is 6.92 Å². The molecule has 1 aliphatic rings. The first-order valence-corrected chi connectivity index (χ1v) is 16.1. The maximum Gasteiger partial charge on any atom is 0.255 e. The van der Waals surface area contributed by atoms with E-state index < -0.39 is 0 Å². The van der Waals surface area contributed by atoms with Crippen LogP contribution in [0.2, 0.25) is 0 Å². The van der Waals surface area contributed by atoms with Gasteiger partial charge in [0, 0.05) is 30.1 Å². The summed E-state index contributed by atoms with van der Waals surface area (Å²) in [5, 5.41) is 7.09. The Morgan fingerprint density at radius 3 is 2.13 bits per heavy atom. The van der Waals surface area contributed by atoms with Crippen molar-refractivity contribution >= 4 is 43.4 Å². The molecule has 0 spiro atoms. The Morgan fingerprint density at radius 2 is 1.36 bits per heavy atom. The van der Waals surface area contributed by atoms with E-state index in [0.29, 0.717) is 6.61 Å². The average molecular weight is 613 g/mol. The number of ether oxygens (including phenoxy) is 2. The number of aryl methyl sites for hydroxylation is 1. The fourth-order valence-corrected chi connectivity index (χ4v) is 7.55. The second kappa shape index (κ2) is 10.9. The van der Waals surface area contributed by atoms with E-state index in [1.165, 1.54) is 49.2 Å². The van der Waals surface area contributed by atoms with E-state index in [4.69, 9.17) is 9.47 Å². The van der Waals surface area contributed by atoms with Crippen molar-refractivity contribution in [1.82, 2.24) is 9.97 Å². The minimum Gasteiger partial charge on any atom is -0.490 e. The summed E-state index contributed by atoms with van der Waals surface area (Å²) in [6, 6.07) is 33.0. The van der Waals surface area contributed by atoms with Crippen molar-refractivity contribution in [2.45, 2.75) is 20.0 Å². The van der Waals surface area contributed by atoms with E-state index in [9.17, 15) is 0 Å². The molecule has 8 aromatic rings. The lowest BCUT2D eigenvalue weighted by Gasteiger charge is -2.21. The molecule has 0 atom stereocenters. The van der Waals surface area contributed by atoms with Crippen molar-refractivity contribution in [3.8, 4) is 44.9 Å². The first kappa shape index (κ1) is 27.4. The van der Waals surface area contributed by atoms with Crippen LogP contribution in [0.3, 0.4) is 0 Å². The Bertz CT molecular complexity index is 2510. The van der Waals surface area contributed by atoms with Gasteiger partial charge in [-0.05, 0) is 98.8 Å². The van der Waals surface area contributed by atoms with Gasteiger partial charge in [-0.2, -0.15) is 9.13 Å². The first-order chi connectivity index (χ1) is 23.2. The van der Waals surface area contributed by atoms with Crippen LogP contribution in [-0.4, -0.2) is 23.7 Å². The Kier molecular flexibility index (Phi) is 6.35. The molecule has 226 valence electrons. The van der Waals surface area contributed by atoms with Gasteiger partial charge in [0.25, 0.3) is 11.0 Å². The van der Waals surface area contributed by atoms with E-state index in [2.05, 4.69) is 129 Å². The van der Waals surface area contributed by atoms with Crippen molar-refractivity contribution in [2.24, 2.45) is 0 Å². The van der Waals surface area contributed by atoms with E-state index >= 15 is 0 Å². The topological polar surface area (TPSA) is 52.0 Å². The average Bonchev–Trinajstić information content (AvgIpc) is 3.14. The maximum absolute atomic E-state index is 6.14. The number of aromatic nitrogens is 4. The lowest BCUT2D eigenvalue weighted by molar-refractivity contribution is -0.676. The van der Waals surface area contributed by atoms with Crippen LogP contribution in [-0.2, 0) is 13.1 Å². The molecule has 5 aromatic carbocycles. The van der Waals surface area contributed by atoms with Crippen LogP contribution in [0.4, 0.5) is 0 Å². The molecule has 0 amide bonds. The zero-order chi connectivity index (χ0) is 31.5. The maximum atomic E-state index is 6.14. The first-order valence-electron chi connectivity index (χ1n) is 16.1. The largest absolute Gasteiger partial charge is 0.490 e. The molecule has 0 aliphatic carbocycles. The molecule has 9 rings (SSSR count). The van der Waals surface area contributed by atoms with Crippen LogP contribution in [0.5, 0.6) is 11.5 Å². The van der Waals surface area contributed by atoms with Gasteiger partial charge in [-0.1, -0.05) is 36.4 Å². The molecule has 6 heteroatoms. The van der Waals surface area contributed by atoms with Gasteiger partial charge in [-0.15, -0.1) is 0 Å². The van der Waals surface area contributed by atoms with Crippen molar-refractivity contribution in [2.75, 3.05) is 13.7 Å². The third-order valence-electron chi connectivity index (χ3n) is 9.60. The molecule has 0 radical (unpaired) electrons. The molecular formula is C41H32N4O2+2. The molecule has 0 bridgehead atoms. The van der Waals surface area contributed by atoms with Gasteiger partial charge in [0.2, 0.25) is 0 Å². The number of methoxy groups -OCH3 is 1. The Balaban J connectivity index is 1.46. The number of rotatable bonds is 5. The highest BCUT2D eigenvalue weighted by atomic mass is 16.5. The monoisotopic (exact) mass is 612 g/mol. The summed E-state index contributed by atoms with van der Waals surface area (Å²) in [6.45, 7) is 4.51. The van der Waals surface area contributed by atoms with E-state index in [-0.39, 0.29) is 0 Å². The Morgan fingerprint density at radius 1 is 0.681 bits per heavy atom. The van der Waals surface area contributed by atoms with Gasteiger partial charge in [0.1, 0.15) is 19.5 Å². The Hall–Kier alpha value is -5.88. The SMILES string of the molecule is CC[n+]1cccc2c(-c3c4ccccc4c(-c4ccc5c6c4ccc[n+]6CCO5)c4ccc(-c5cncnc5)cc34)ccc(OC)c21. The van der Waals surface area contributed by atoms with Gasteiger partial charge in [-0.3, -0.25) is 0 Å². The fourth-order valence-electron chi connectivity index (χ4n) is 7.55. The minimum atomic E-state index is 0.677. The molecule has 0 fully saturated rings. The zero-order valence-corrected chi connectivity index (χ0v) is 26.3. The second-order valence-corrected chi connectivity index (χ2v) is 12.0. The predicted octanol–water partition coefficient (Wildman–Crippen LogP) is 8.09. The van der Waals surface area contributed by atoms with Gasteiger partial charge in [-0.25, -0.2) is 9.97 Å². The predicted molar refractivity (Wildman–Crippen MR) is 186 cm³/mol. The summed E-state index contributed by atoms with van der Waals surface area (Å²) in [5.74, 6) is 1.79. The number of pyridine rings is 2. The second-order valence-electron chi connectivity index (χ2n) is 12.0. The van der Waals surface area contributed by atoms with Gasteiger partial charge < -0.3 is 9.47 Å². The van der Waals surface area contributed by atoms with Crippen molar-refractivity contribution in [3.63, 3.8) is 0 Å². The molecule has 3 aromatic heterocycles. The quantitative estimate of drug-likeness (QED) is 0.146. The summed E-state index contributed by atoms with van der Waals surface area (Å²) in [5.41, 5.74) is 9.04. The lowest BCUT2D eigenvalue weighted by Crippen LogP contribution is -2.40. The number of benzene rings is 5. The van der Waals surface area contributed by atoms with Crippen LogP contribution in [0.15, 0.2) is 122 Å². The highest BCUT2D eigenvalue weighted by Crippen LogP contribution is 2.48. The van der Waals surface area contributed by atoms with Crippen molar-refractivity contribution in [1.29, 1.82) is 0 Å². The summed E-state index contributed by atoms with van der Waals surface area (Å²) >= 11 is 0. The molecule has 0 N–H and O–H groups in total. The van der Waals surface area contributed by atoms with Crippen molar-refractivity contribution in [3.05, 3.63) is 122 Å². The molecule has 1 aliphatic heterocycles. The van der Waals surface area contributed by atoms with Gasteiger partial charge in [0.15, 0.2) is 30.4 Å². The summed E-state index contributed by atoms with van der Waals surface area (Å²) in [6.07, 6.45) is 9.62. The number of hydrogen-bond donors (Lipinski definition) is 0. The number of hydrogen-bond acceptors (Lipinski definition) is 4. The fraction of sp³-hybridized carbons (Fsp3) is 0.122. The summed E-state index contributed by atoms with van der Waals surface area (Å²) in [7, 11) is 1.75. The normalized spacial score (nSPS) is 12.6. The highest BCUT2D eigenvalue weighted by molar-refractivity contribution is 6.25. The number of nitrogens with zero attached hydrogens (tertiary/aromatic N) is 4. The highest BCUT2D eigenvalue weighted by Gasteiger charge is 2.26. The molecule has 6 nitrogen and oxygen atoms in total. The van der Waals surface area contributed by atoms with E-state index in [0.717, 1.165) is 52.1 Å². The van der Waals surface area contributed by atoms with Crippen LogP contribution in [0, 0.1) is 0 Å². The Labute approximate surface area is 272 Å². The number of fused-ring (bicyclic) bond motifs is 3. The van der Waals surface area contributed by atoms with E-state index in [1.807, 2.05) is 12.4 Å². The zero-order valence-electron chi connectivity index (χ0n) is 26.3. The van der Waals surface area contributed by atoms with Gasteiger partial charge >= 0.3 is 0 Å². The van der Waals surface area contributed by atoms with Crippen LogP contribution in [0.25, 0.3) is 76.7 Å². The molecule has 0 saturated carbocycles. The molecule has 0 saturated heterocycles. The smallest absolute Gasteiger partial charge is 0.255 e. The summed E-state index contributed by atoms with van der Waals surface area (Å²) < 4.78 is 16.6. The van der Waals surface area contributed by atoms with Crippen molar-refractivity contribution < 1.29 is 18.6 Å². The lowest BCUT2D eigenvalue weighted by atomic mass is 9.83. The molecule has 47 heavy (non-hydrogen) atoms. The van der Waals surface area contributed by atoms with Crippen LogP contribution >= 0.6 is 0 Å². The molecule has 4 heterocycles. The summed E-state index contributed by atoms with van der Waals surface area (Å²) in [4.78, 5) is 8.68. The standard InChI is InChI=1S/C41H32N4O2/c1-3-44-18-6-10-33-31(14-16-36(46-2)40(33)44)39-29-9-5-4-8-28(29)38(32-13-12-26(22-35(32)39)27-23-42-25-43-24-27)30-15-17-37-41-34(30)11-7-19-45(41)20-21-47-37/h4-19,22-25H,3,20-21H2,1-2H3/q+2. The van der Waals surface area contributed by atoms with E-state index in [1.54, 1.807) is 13.4 Å². The third-order valence-corrected chi connectivity index (χ3v) is 9.60. The molecular weight excluding hydrogens is 580 g/mol. The third kappa shape index (κ3) is 4.18. The van der Waals surface area contributed by atoms with Gasteiger partial charge in [0.05, 0.1) is 17.9 Å². The minimum absolute atomic E-state index is 0.677. The molecule has 0 unspecified atom stereocenters. The van der Waals surface area contributed by atoms with Crippen LogP contribution < -0.4 is 18.6 Å².